The molecule has 1 atom stereocenters. The predicted octanol–water partition coefficient (Wildman–Crippen LogP) is -0.109. The number of sulfonamides is 1. The Kier molecular flexibility index (Phi) is 8.80. The summed E-state index contributed by atoms with van der Waals surface area (Å²) in [7, 11) is -3.28. The third-order valence-corrected chi connectivity index (χ3v) is 6.06. The molecule has 164 valence electrons. The molecular weight excluding hydrogens is 410 g/mol. The van der Waals surface area contributed by atoms with Gasteiger partial charge in [-0.2, -0.15) is 4.31 Å². The van der Waals surface area contributed by atoms with E-state index in [1.165, 1.54) is 4.31 Å². The minimum absolute atomic E-state index is 0.00536. The quantitative estimate of drug-likeness (QED) is 0.385. The van der Waals surface area contributed by atoms with Gasteiger partial charge >= 0.3 is 5.97 Å². The van der Waals surface area contributed by atoms with E-state index in [9.17, 15) is 23.1 Å². The topological polar surface area (TPSA) is 116 Å². The zero-order chi connectivity index (χ0) is 22.1. The number of hydrogen-bond acceptors (Lipinski definition) is 7. The van der Waals surface area contributed by atoms with Crippen molar-refractivity contribution in [3.05, 3.63) is 29.8 Å². The van der Waals surface area contributed by atoms with Gasteiger partial charge in [-0.3, -0.25) is 14.5 Å². The van der Waals surface area contributed by atoms with Crippen molar-refractivity contribution in [3.8, 4) is 17.6 Å². The molecule has 0 aromatic heterocycles. The number of aliphatic carboxylic acids is 1. The largest absolute Gasteiger partial charge is 0.481 e. The Morgan fingerprint density at radius 1 is 1.20 bits per heavy atom. The number of hydrogen-bond donors (Lipinski definition) is 2. The summed E-state index contributed by atoms with van der Waals surface area (Å²) in [4.78, 5) is 25.7. The van der Waals surface area contributed by atoms with Gasteiger partial charge in [0, 0.05) is 38.3 Å². The normalized spacial score (nSPS) is 16.3. The molecule has 0 aliphatic carbocycles. The van der Waals surface area contributed by atoms with Crippen molar-refractivity contribution >= 4 is 21.8 Å². The first-order valence-electron chi connectivity index (χ1n) is 9.50. The van der Waals surface area contributed by atoms with Gasteiger partial charge in [-0.25, -0.2) is 8.42 Å². The molecule has 0 amide bonds. The van der Waals surface area contributed by atoms with Crippen LogP contribution in [0.25, 0.3) is 0 Å². The van der Waals surface area contributed by atoms with E-state index < -0.39 is 22.0 Å². The van der Waals surface area contributed by atoms with Crippen molar-refractivity contribution < 1.29 is 27.9 Å². The van der Waals surface area contributed by atoms with Crippen molar-refractivity contribution in [1.82, 2.24) is 14.5 Å². The molecule has 1 fully saturated rings. The molecule has 0 saturated carbocycles. The first-order valence-corrected chi connectivity index (χ1v) is 11.4. The highest BCUT2D eigenvalue weighted by molar-refractivity contribution is 7.88. The lowest BCUT2D eigenvalue weighted by molar-refractivity contribution is -0.143. The highest BCUT2D eigenvalue weighted by atomic mass is 32.2. The summed E-state index contributed by atoms with van der Waals surface area (Å²) in [5, 5.41) is 12.4. The molecule has 2 N–H and O–H groups in total. The average molecular weight is 438 g/mol. The van der Waals surface area contributed by atoms with E-state index in [4.69, 9.17) is 4.74 Å². The Morgan fingerprint density at radius 2 is 1.83 bits per heavy atom. The van der Waals surface area contributed by atoms with Gasteiger partial charge in [0.25, 0.3) is 0 Å². The molecule has 1 aromatic rings. The summed E-state index contributed by atoms with van der Waals surface area (Å²) in [5.41, 5.74) is 0.491. The van der Waals surface area contributed by atoms with Crippen LogP contribution < -0.4 is 10.1 Å². The van der Waals surface area contributed by atoms with E-state index in [2.05, 4.69) is 17.2 Å². The van der Waals surface area contributed by atoms with Crippen molar-refractivity contribution in [2.75, 3.05) is 52.1 Å². The monoisotopic (exact) mass is 437 g/mol. The Hall–Kier alpha value is -2.45. The van der Waals surface area contributed by atoms with Gasteiger partial charge in [0.2, 0.25) is 10.0 Å². The third kappa shape index (κ3) is 7.11. The van der Waals surface area contributed by atoms with Crippen molar-refractivity contribution in [3.63, 3.8) is 0 Å². The Labute approximate surface area is 177 Å². The lowest BCUT2D eigenvalue weighted by Gasteiger charge is -2.36. The van der Waals surface area contributed by atoms with Gasteiger partial charge in [-0.05, 0) is 31.2 Å². The van der Waals surface area contributed by atoms with Crippen LogP contribution in [0.4, 0.5) is 0 Å². The second-order valence-corrected chi connectivity index (χ2v) is 8.83. The number of Topliss-reactive ketones (excluding diaryl/α,β-unsaturated/α-hetero) is 1. The predicted molar refractivity (Wildman–Crippen MR) is 112 cm³/mol. The molecule has 1 aliphatic heterocycles. The molecule has 1 aromatic carbocycles. The van der Waals surface area contributed by atoms with Crippen LogP contribution in [0, 0.1) is 11.8 Å². The lowest BCUT2D eigenvalue weighted by atomic mass is 10.1. The van der Waals surface area contributed by atoms with E-state index in [1.807, 2.05) is 0 Å². The minimum atomic E-state index is -3.28. The van der Waals surface area contributed by atoms with E-state index in [1.54, 1.807) is 36.1 Å². The standard InChI is InChI=1S/C20H27N3O6S/c1-3-4-13-29-17-7-5-16(6-8-17)19(24)15-21-14-18(20(25)26)22-9-11-23(12-10-22)30(2,27)28/h5-8,18,21H,9-15H2,1-2H3,(H,25,26)/t18-/m0/s1. The number of carbonyl (C=O) groups is 2. The number of benzene rings is 1. The van der Waals surface area contributed by atoms with Gasteiger partial charge in [0.05, 0.1) is 12.8 Å². The minimum Gasteiger partial charge on any atom is -0.481 e. The van der Waals surface area contributed by atoms with Gasteiger partial charge in [0.15, 0.2) is 5.78 Å². The van der Waals surface area contributed by atoms with Gasteiger partial charge in [-0.1, -0.05) is 5.92 Å². The van der Waals surface area contributed by atoms with Crippen LogP contribution in [0.1, 0.15) is 17.3 Å². The van der Waals surface area contributed by atoms with Crippen LogP contribution in [0.5, 0.6) is 5.75 Å². The fourth-order valence-corrected chi connectivity index (χ4v) is 3.90. The number of carboxylic acid groups (broad SMARTS) is 1. The summed E-state index contributed by atoms with van der Waals surface area (Å²) >= 11 is 0. The van der Waals surface area contributed by atoms with Crippen molar-refractivity contribution in [2.45, 2.75) is 13.0 Å². The van der Waals surface area contributed by atoms with Gasteiger partial charge in [0.1, 0.15) is 18.4 Å². The molecule has 0 spiro atoms. The molecule has 1 heterocycles. The molecule has 0 unspecified atom stereocenters. The second-order valence-electron chi connectivity index (χ2n) is 6.85. The first-order chi connectivity index (χ1) is 14.2. The zero-order valence-electron chi connectivity index (χ0n) is 17.1. The van der Waals surface area contributed by atoms with Crippen LogP contribution in [0.15, 0.2) is 24.3 Å². The third-order valence-electron chi connectivity index (χ3n) is 4.76. The number of carbonyl (C=O) groups excluding carboxylic acids is 1. The zero-order valence-corrected chi connectivity index (χ0v) is 17.9. The number of ether oxygens (including phenoxy) is 1. The Balaban J connectivity index is 1.83. The maximum atomic E-state index is 12.3. The molecule has 1 aliphatic rings. The summed E-state index contributed by atoms with van der Waals surface area (Å²) < 4.78 is 29.9. The summed E-state index contributed by atoms with van der Waals surface area (Å²) in [6.45, 7) is 3.22. The summed E-state index contributed by atoms with van der Waals surface area (Å²) in [5.74, 6) is 4.95. The Morgan fingerprint density at radius 3 is 2.37 bits per heavy atom. The molecule has 10 heteroatoms. The molecule has 0 bridgehead atoms. The fourth-order valence-electron chi connectivity index (χ4n) is 3.07. The van der Waals surface area contributed by atoms with Crippen LogP contribution in [-0.2, 0) is 14.8 Å². The molecule has 0 radical (unpaired) electrons. The number of piperazine rings is 1. The lowest BCUT2D eigenvalue weighted by Crippen LogP contribution is -2.56. The Bertz CT molecular complexity index is 897. The van der Waals surface area contributed by atoms with E-state index in [0.29, 0.717) is 24.4 Å². The summed E-state index contributed by atoms with van der Waals surface area (Å²) in [6, 6.07) is 5.84. The van der Waals surface area contributed by atoms with Crippen LogP contribution in [-0.4, -0.2) is 92.7 Å². The fraction of sp³-hybridized carbons (Fsp3) is 0.500. The molecule has 1 saturated heterocycles. The molecule has 30 heavy (non-hydrogen) atoms. The van der Waals surface area contributed by atoms with Crippen molar-refractivity contribution in [1.29, 1.82) is 0 Å². The maximum Gasteiger partial charge on any atom is 0.322 e. The smallest absolute Gasteiger partial charge is 0.322 e. The maximum absolute atomic E-state index is 12.3. The molecular formula is C20H27N3O6S. The molecule has 2 rings (SSSR count). The number of nitrogens with one attached hydrogen (secondary N) is 1. The van der Waals surface area contributed by atoms with Gasteiger partial charge in [-0.15, -0.1) is 5.92 Å². The first kappa shape index (κ1) is 23.8. The van der Waals surface area contributed by atoms with Crippen LogP contribution in [0.3, 0.4) is 0 Å². The van der Waals surface area contributed by atoms with Crippen LogP contribution >= 0.6 is 0 Å². The average Bonchev–Trinajstić information content (AvgIpc) is 2.71. The molecule has 9 nitrogen and oxygen atoms in total. The van der Waals surface area contributed by atoms with Gasteiger partial charge < -0.3 is 15.2 Å². The number of rotatable bonds is 10. The highest BCUT2D eigenvalue weighted by Crippen LogP contribution is 2.13. The van der Waals surface area contributed by atoms with E-state index in [0.717, 1.165) is 6.26 Å². The summed E-state index contributed by atoms with van der Waals surface area (Å²) in [6.07, 6.45) is 1.14. The SMILES string of the molecule is CC#CCOc1ccc(C(=O)CNC[C@@H](C(=O)O)N2CCN(S(C)(=O)=O)CC2)cc1. The van der Waals surface area contributed by atoms with Crippen LogP contribution in [0.2, 0.25) is 0 Å². The van der Waals surface area contributed by atoms with E-state index in [-0.39, 0.29) is 38.6 Å². The number of ketones is 1. The second kappa shape index (κ2) is 11.1. The number of carboxylic acids is 1. The van der Waals surface area contributed by atoms with E-state index >= 15 is 0 Å². The number of nitrogens with zero attached hydrogens (tertiary/aromatic N) is 2. The van der Waals surface area contributed by atoms with Crippen molar-refractivity contribution in [2.24, 2.45) is 0 Å². The highest BCUT2D eigenvalue weighted by Gasteiger charge is 2.31.